The number of thiophene rings is 1. The van der Waals surface area contributed by atoms with Gasteiger partial charge < -0.3 is 15.4 Å². The molecule has 1 aliphatic rings. The summed E-state index contributed by atoms with van der Waals surface area (Å²) in [7, 11) is 1.39. The van der Waals surface area contributed by atoms with Crippen LogP contribution in [-0.2, 0) is 17.6 Å². The number of esters is 1. The molecule has 170 valence electrons. The normalized spacial score (nSPS) is 12.9. The third-order valence-electron chi connectivity index (χ3n) is 5.59. The fourth-order valence-corrected chi connectivity index (χ4v) is 5.59. The molecule has 0 bridgehead atoms. The van der Waals surface area contributed by atoms with Crippen LogP contribution in [-0.4, -0.2) is 23.1 Å². The third-order valence-corrected chi connectivity index (χ3v) is 7.00. The summed E-state index contributed by atoms with van der Waals surface area (Å²) in [4.78, 5) is 24.6. The number of benzene rings is 2. The lowest BCUT2D eigenvalue weighted by atomic mass is 10.0. The number of nitrogens with zero attached hydrogens (tertiary/aromatic N) is 1. The van der Waals surface area contributed by atoms with Crippen molar-refractivity contribution < 1.29 is 14.5 Å². The zero-order chi connectivity index (χ0) is 23.4. The van der Waals surface area contributed by atoms with Gasteiger partial charge in [0.05, 0.1) is 23.2 Å². The molecule has 0 saturated carbocycles. The highest BCUT2D eigenvalue weighted by molar-refractivity contribution is 7.80. The van der Waals surface area contributed by atoms with E-state index in [1.54, 1.807) is 41.7 Å². The molecule has 4 rings (SSSR count). The summed E-state index contributed by atoms with van der Waals surface area (Å²) in [6.45, 7) is 0. The average molecular weight is 482 g/mol. The number of nitrogens with one attached hydrogen (secondary N) is 2. The van der Waals surface area contributed by atoms with Crippen molar-refractivity contribution in [2.45, 2.75) is 32.1 Å². The fourth-order valence-electron chi connectivity index (χ4n) is 4.02. The van der Waals surface area contributed by atoms with E-state index in [9.17, 15) is 14.9 Å². The Labute approximate surface area is 200 Å². The summed E-state index contributed by atoms with van der Waals surface area (Å²) >= 11 is 7.05. The maximum absolute atomic E-state index is 12.5. The number of nitro benzene ring substituents is 1. The molecule has 1 aromatic heterocycles. The number of carbonyl (C=O) groups excluding carboxylic acids is 1. The first-order chi connectivity index (χ1) is 16.0. The molecule has 3 aromatic rings. The molecule has 1 heterocycles. The highest BCUT2D eigenvalue weighted by Crippen LogP contribution is 2.38. The van der Waals surface area contributed by atoms with Crippen molar-refractivity contribution in [1.82, 2.24) is 0 Å². The van der Waals surface area contributed by atoms with Crippen LogP contribution in [0.15, 0.2) is 48.5 Å². The van der Waals surface area contributed by atoms with E-state index in [2.05, 4.69) is 10.6 Å². The van der Waals surface area contributed by atoms with Crippen LogP contribution in [0.3, 0.4) is 0 Å². The molecule has 0 radical (unpaired) electrons. The topological polar surface area (TPSA) is 93.5 Å². The van der Waals surface area contributed by atoms with E-state index in [4.69, 9.17) is 17.0 Å². The van der Waals surface area contributed by atoms with Crippen molar-refractivity contribution in [1.29, 1.82) is 0 Å². The summed E-state index contributed by atoms with van der Waals surface area (Å²) < 4.78 is 5.04. The molecule has 7 nitrogen and oxygen atoms in total. The quantitative estimate of drug-likeness (QED) is 0.148. The molecular weight excluding hydrogens is 458 g/mol. The highest BCUT2D eigenvalue weighted by atomic mass is 32.1. The van der Waals surface area contributed by atoms with Crippen LogP contribution >= 0.6 is 23.6 Å². The molecule has 33 heavy (non-hydrogen) atoms. The lowest BCUT2D eigenvalue weighted by molar-refractivity contribution is -0.384. The largest absolute Gasteiger partial charge is 0.465 e. The number of ether oxygens (including phenoxy) is 1. The molecular formula is C24H23N3O4S2. The van der Waals surface area contributed by atoms with Crippen molar-refractivity contribution in [3.8, 4) is 11.1 Å². The predicted octanol–water partition coefficient (Wildman–Crippen LogP) is 6.19. The number of anilines is 2. The lowest BCUT2D eigenvalue weighted by Crippen LogP contribution is -2.20. The second kappa shape index (κ2) is 10.1. The van der Waals surface area contributed by atoms with Gasteiger partial charge in [0.15, 0.2) is 5.11 Å². The maximum atomic E-state index is 12.5. The number of hydrogen-bond donors (Lipinski definition) is 2. The number of nitro groups is 1. The summed E-state index contributed by atoms with van der Waals surface area (Å²) in [5, 5.41) is 18.7. The van der Waals surface area contributed by atoms with E-state index in [1.807, 2.05) is 12.1 Å². The molecule has 0 fully saturated rings. The molecule has 9 heteroatoms. The molecule has 0 saturated heterocycles. The second-order valence-electron chi connectivity index (χ2n) is 7.69. The van der Waals surface area contributed by atoms with E-state index in [0.717, 1.165) is 48.9 Å². The fraction of sp³-hybridized carbons (Fsp3) is 0.250. The number of hydrogen-bond acceptors (Lipinski definition) is 6. The number of fused-ring (bicyclic) bond motifs is 1. The van der Waals surface area contributed by atoms with Crippen molar-refractivity contribution in [3.05, 3.63) is 74.6 Å². The monoisotopic (exact) mass is 481 g/mol. The van der Waals surface area contributed by atoms with E-state index in [-0.39, 0.29) is 16.6 Å². The van der Waals surface area contributed by atoms with E-state index in [0.29, 0.717) is 21.2 Å². The van der Waals surface area contributed by atoms with Gasteiger partial charge in [0, 0.05) is 16.6 Å². The highest BCUT2D eigenvalue weighted by Gasteiger charge is 2.25. The molecule has 0 aliphatic heterocycles. The Bertz CT molecular complexity index is 1200. The molecule has 2 aromatic carbocycles. The number of carbonyl (C=O) groups is 1. The van der Waals surface area contributed by atoms with Crippen molar-refractivity contribution in [2.75, 3.05) is 17.7 Å². The Morgan fingerprint density at radius 2 is 1.79 bits per heavy atom. The van der Waals surface area contributed by atoms with Crippen LogP contribution in [0.2, 0.25) is 0 Å². The van der Waals surface area contributed by atoms with Gasteiger partial charge in [-0.2, -0.15) is 0 Å². The van der Waals surface area contributed by atoms with Gasteiger partial charge in [-0.3, -0.25) is 10.1 Å². The summed E-state index contributed by atoms with van der Waals surface area (Å²) in [6.07, 6.45) is 5.15. The molecule has 1 aliphatic carbocycles. The Morgan fingerprint density at radius 1 is 1.06 bits per heavy atom. The van der Waals surface area contributed by atoms with Gasteiger partial charge in [-0.25, -0.2) is 4.79 Å². The van der Waals surface area contributed by atoms with Gasteiger partial charge in [0.1, 0.15) is 5.00 Å². The summed E-state index contributed by atoms with van der Waals surface area (Å²) in [6, 6.07) is 13.9. The number of para-hydroxylation sites is 1. The Balaban J connectivity index is 1.51. The zero-order valence-corrected chi connectivity index (χ0v) is 19.7. The number of thiocarbonyl (C=S) groups is 1. The van der Waals surface area contributed by atoms with Gasteiger partial charge in [-0.15, -0.1) is 11.3 Å². The predicted molar refractivity (Wildman–Crippen MR) is 135 cm³/mol. The standard InChI is InChI=1S/C24H23N3O4S2/c1-31-23(28)21-18-8-3-2-4-10-20(18)33-22(21)26-24(32)25-16-13-11-15(12-14-16)17-7-5-6-9-19(17)27(29)30/h5-7,9,11-14H,2-4,8,10H2,1H3,(H2,25,26,32). The van der Waals surface area contributed by atoms with Gasteiger partial charge in [-0.05, 0) is 67.2 Å². The van der Waals surface area contributed by atoms with Crippen molar-refractivity contribution in [3.63, 3.8) is 0 Å². The lowest BCUT2D eigenvalue weighted by Gasteiger charge is -2.12. The van der Waals surface area contributed by atoms with Gasteiger partial charge >= 0.3 is 5.97 Å². The van der Waals surface area contributed by atoms with Crippen LogP contribution in [0.4, 0.5) is 16.4 Å². The minimum atomic E-state index is -0.387. The van der Waals surface area contributed by atoms with Gasteiger partial charge in [0.25, 0.3) is 5.69 Å². The van der Waals surface area contributed by atoms with Crippen LogP contribution in [0.5, 0.6) is 0 Å². The molecule has 0 atom stereocenters. The van der Waals surface area contributed by atoms with Gasteiger partial charge in [0.2, 0.25) is 0 Å². The van der Waals surface area contributed by atoms with Crippen LogP contribution in [0.1, 0.15) is 40.1 Å². The Hall–Kier alpha value is -3.30. The number of aryl methyl sites for hydroxylation is 1. The first-order valence-electron chi connectivity index (χ1n) is 10.6. The molecule has 2 N–H and O–H groups in total. The minimum Gasteiger partial charge on any atom is -0.465 e. The van der Waals surface area contributed by atoms with E-state index in [1.165, 1.54) is 18.1 Å². The van der Waals surface area contributed by atoms with Crippen LogP contribution in [0.25, 0.3) is 11.1 Å². The maximum Gasteiger partial charge on any atom is 0.341 e. The summed E-state index contributed by atoms with van der Waals surface area (Å²) in [5.41, 5.74) is 3.73. The zero-order valence-electron chi connectivity index (χ0n) is 18.1. The summed E-state index contributed by atoms with van der Waals surface area (Å²) in [5.74, 6) is -0.353. The van der Waals surface area contributed by atoms with Crippen LogP contribution in [0, 0.1) is 10.1 Å². The van der Waals surface area contributed by atoms with E-state index < -0.39 is 0 Å². The number of methoxy groups -OCH3 is 1. The molecule has 0 spiro atoms. The number of rotatable bonds is 5. The average Bonchev–Trinajstić information content (AvgIpc) is 2.98. The SMILES string of the molecule is COC(=O)c1c(NC(=S)Nc2ccc(-c3ccccc3[N+](=O)[O-])cc2)sc2c1CCCCC2. The smallest absolute Gasteiger partial charge is 0.341 e. The third kappa shape index (κ3) is 5.04. The second-order valence-corrected chi connectivity index (χ2v) is 9.20. The minimum absolute atomic E-state index is 0.0585. The first kappa shape index (κ1) is 22.9. The van der Waals surface area contributed by atoms with Crippen LogP contribution < -0.4 is 10.6 Å². The Kier molecular flexibility index (Phi) is 7.00. The molecule has 0 amide bonds. The van der Waals surface area contributed by atoms with Gasteiger partial charge in [-0.1, -0.05) is 30.7 Å². The van der Waals surface area contributed by atoms with E-state index >= 15 is 0 Å². The first-order valence-corrected chi connectivity index (χ1v) is 11.8. The molecule has 0 unspecified atom stereocenters. The van der Waals surface area contributed by atoms with Crippen molar-refractivity contribution in [2.24, 2.45) is 0 Å². The Morgan fingerprint density at radius 3 is 2.52 bits per heavy atom. The van der Waals surface area contributed by atoms with Crippen molar-refractivity contribution >= 4 is 51.0 Å².